The van der Waals surface area contributed by atoms with Crippen LogP contribution in [0.4, 0.5) is 5.69 Å². The number of ether oxygens (including phenoxy) is 1. The molecule has 0 unspecified atom stereocenters. The van der Waals surface area contributed by atoms with Gasteiger partial charge in [-0.25, -0.2) is 9.97 Å². The number of hydrogen-bond acceptors (Lipinski definition) is 4. The third kappa shape index (κ3) is 3.90. The fourth-order valence-electron chi connectivity index (χ4n) is 2.09. The second-order valence-corrected chi connectivity index (χ2v) is 6.45. The molecule has 3 aromatic rings. The van der Waals surface area contributed by atoms with Crippen LogP contribution in [-0.2, 0) is 4.79 Å². The lowest BCUT2D eigenvalue weighted by Crippen LogP contribution is -2.21. The Morgan fingerprint density at radius 1 is 1.04 bits per heavy atom. The van der Waals surface area contributed by atoms with Gasteiger partial charge in [0, 0.05) is 0 Å². The Labute approximate surface area is 162 Å². The summed E-state index contributed by atoms with van der Waals surface area (Å²) in [7, 11) is 0. The molecule has 128 valence electrons. The number of amides is 1. The van der Waals surface area contributed by atoms with E-state index in [-0.39, 0.29) is 32.4 Å². The molecule has 1 heterocycles. The number of nitrogens with one attached hydrogen (secondary N) is 1. The molecule has 0 bridgehead atoms. The minimum atomic E-state index is -0.496. The molecular formula is C16H9Cl4N3O2. The molecule has 5 nitrogen and oxygen atoms in total. The Balaban J connectivity index is 1.76. The van der Waals surface area contributed by atoms with Gasteiger partial charge in [-0.3, -0.25) is 4.79 Å². The molecule has 2 aromatic carbocycles. The van der Waals surface area contributed by atoms with Crippen LogP contribution in [0.3, 0.4) is 0 Å². The van der Waals surface area contributed by atoms with Gasteiger partial charge in [0.05, 0.1) is 36.7 Å². The molecule has 25 heavy (non-hydrogen) atoms. The number of carbonyl (C=O) groups excluding carboxylic acids is 1. The highest BCUT2D eigenvalue weighted by Gasteiger charge is 2.17. The van der Waals surface area contributed by atoms with Crippen LogP contribution in [0.15, 0.2) is 36.7 Å². The first-order chi connectivity index (χ1) is 12.0. The lowest BCUT2D eigenvalue weighted by atomic mass is 10.2. The van der Waals surface area contributed by atoms with Crippen molar-refractivity contribution in [1.29, 1.82) is 0 Å². The zero-order valence-corrected chi connectivity index (χ0v) is 15.4. The molecule has 1 amide bonds. The molecule has 0 saturated carbocycles. The van der Waals surface area contributed by atoms with Crippen molar-refractivity contribution in [3.63, 3.8) is 0 Å². The van der Waals surface area contributed by atoms with E-state index in [9.17, 15) is 4.79 Å². The van der Waals surface area contributed by atoms with Gasteiger partial charge < -0.3 is 10.1 Å². The Hall–Kier alpha value is -1.79. The van der Waals surface area contributed by atoms with Gasteiger partial charge in [-0.15, -0.1) is 0 Å². The van der Waals surface area contributed by atoms with Crippen molar-refractivity contribution in [2.24, 2.45) is 0 Å². The van der Waals surface area contributed by atoms with Gasteiger partial charge in [-0.05, 0) is 18.2 Å². The maximum Gasteiger partial charge on any atom is 0.262 e. The zero-order valence-electron chi connectivity index (χ0n) is 12.4. The summed E-state index contributed by atoms with van der Waals surface area (Å²) in [5, 5.41) is 3.77. The van der Waals surface area contributed by atoms with E-state index >= 15 is 0 Å². The standard InChI is InChI=1S/C16H9Cl4N3O2/c17-9-5-10(18)14(20)15(13(9)19)23-12(24)6-25-16-8-3-1-2-4-11(8)21-7-22-16/h1-5,7H,6H2,(H,23,24). The minimum absolute atomic E-state index is 0.0944. The van der Waals surface area contributed by atoms with Gasteiger partial charge in [-0.1, -0.05) is 58.5 Å². The van der Waals surface area contributed by atoms with Crippen molar-refractivity contribution in [2.45, 2.75) is 0 Å². The summed E-state index contributed by atoms with van der Waals surface area (Å²) in [5.74, 6) is -0.202. The van der Waals surface area contributed by atoms with Crippen LogP contribution in [0.25, 0.3) is 10.9 Å². The summed E-state index contributed by atoms with van der Waals surface area (Å²) in [4.78, 5) is 20.3. The van der Waals surface area contributed by atoms with Crippen LogP contribution in [-0.4, -0.2) is 22.5 Å². The molecule has 0 aliphatic carbocycles. The highest BCUT2D eigenvalue weighted by atomic mass is 35.5. The quantitative estimate of drug-likeness (QED) is 0.589. The number of carbonyl (C=O) groups is 1. The van der Waals surface area contributed by atoms with E-state index in [1.807, 2.05) is 18.2 Å². The first-order valence-corrected chi connectivity index (χ1v) is 8.44. The summed E-state index contributed by atoms with van der Waals surface area (Å²) in [6, 6.07) is 8.68. The molecule has 0 radical (unpaired) electrons. The zero-order chi connectivity index (χ0) is 18.0. The number of halogens is 4. The van der Waals surface area contributed by atoms with Crippen molar-refractivity contribution in [3.8, 4) is 5.88 Å². The Morgan fingerprint density at radius 2 is 1.72 bits per heavy atom. The molecule has 3 rings (SSSR count). The fourth-order valence-corrected chi connectivity index (χ4v) is 2.99. The Morgan fingerprint density at radius 3 is 2.44 bits per heavy atom. The smallest absolute Gasteiger partial charge is 0.262 e. The van der Waals surface area contributed by atoms with E-state index in [2.05, 4.69) is 15.3 Å². The van der Waals surface area contributed by atoms with Crippen molar-refractivity contribution in [3.05, 3.63) is 56.7 Å². The Kier molecular flexibility index (Phi) is 5.49. The van der Waals surface area contributed by atoms with Crippen molar-refractivity contribution in [1.82, 2.24) is 9.97 Å². The average molecular weight is 417 g/mol. The number of aromatic nitrogens is 2. The third-order valence-electron chi connectivity index (χ3n) is 3.22. The summed E-state index contributed by atoms with van der Waals surface area (Å²) < 4.78 is 5.48. The molecule has 9 heteroatoms. The predicted octanol–water partition coefficient (Wildman–Crippen LogP) is 5.26. The summed E-state index contributed by atoms with van der Waals surface area (Å²) in [6.07, 6.45) is 1.36. The number of hydrogen-bond donors (Lipinski definition) is 1. The normalized spacial score (nSPS) is 10.7. The molecule has 0 saturated heterocycles. The van der Waals surface area contributed by atoms with Crippen LogP contribution in [0.2, 0.25) is 20.1 Å². The number of para-hydroxylation sites is 1. The average Bonchev–Trinajstić information content (AvgIpc) is 2.62. The molecular weight excluding hydrogens is 408 g/mol. The second kappa shape index (κ2) is 7.62. The van der Waals surface area contributed by atoms with Gasteiger partial charge in [0.1, 0.15) is 6.33 Å². The molecule has 0 atom stereocenters. The molecule has 1 N–H and O–H groups in total. The predicted molar refractivity (Wildman–Crippen MR) is 100 cm³/mol. The summed E-state index contributed by atoms with van der Waals surface area (Å²) in [6.45, 7) is -0.308. The van der Waals surface area contributed by atoms with Gasteiger partial charge in [0.25, 0.3) is 5.91 Å². The maximum absolute atomic E-state index is 12.2. The third-order valence-corrected chi connectivity index (χ3v) is 4.80. The van der Waals surface area contributed by atoms with Crippen LogP contribution in [0, 0.1) is 0 Å². The fraction of sp³-hybridized carbons (Fsp3) is 0.0625. The number of benzene rings is 2. The van der Waals surface area contributed by atoms with Gasteiger partial charge in [0.2, 0.25) is 5.88 Å². The first kappa shape index (κ1) is 18.0. The second-order valence-electron chi connectivity index (χ2n) is 4.88. The van der Waals surface area contributed by atoms with E-state index in [4.69, 9.17) is 51.1 Å². The van der Waals surface area contributed by atoms with E-state index in [0.717, 1.165) is 0 Å². The number of fused-ring (bicyclic) bond motifs is 1. The SMILES string of the molecule is O=C(COc1ncnc2ccccc12)Nc1c(Cl)c(Cl)cc(Cl)c1Cl. The van der Waals surface area contributed by atoms with Crippen molar-refractivity contribution >= 4 is 68.9 Å². The van der Waals surface area contributed by atoms with Crippen LogP contribution in [0.5, 0.6) is 5.88 Å². The summed E-state index contributed by atoms with van der Waals surface area (Å²) in [5.41, 5.74) is 0.836. The highest BCUT2D eigenvalue weighted by Crippen LogP contribution is 2.40. The lowest BCUT2D eigenvalue weighted by molar-refractivity contribution is -0.118. The van der Waals surface area contributed by atoms with Gasteiger partial charge in [-0.2, -0.15) is 0 Å². The largest absolute Gasteiger partial charge is 0.467 e. The van der Waals surface area contributed by atoms with Gasteiger partial charge >= 0.3 is 0 Å². The van der Waals surface area contributed by atoms with E-state index in [1.165, 1.54) is 12.4 Å². The first-order valence-electron chi connectivity index (χ1n) is 6.92. The topological polar surface area (TPSA) is 64.1 Å². The monoisotopic (exact) mass is 415 g/mol. The molecule has 0 fully saturated rings. The molecule has 1 aromatic heterocycles. The van der Waals surface area contributed by atoms with Crippen LogP contribution >= 0.6 is 46.4 Å². The van der Waals surface area contributed by atoms with Crippen LogP contribution in [0.1, 0.15) is 0 Å². The van der Waals surface area contributed by atoms with E-state index < -0.39 is 5.91 Å². The van der Waals surface area contributed by atoms with Crippen molar-refractivity contribution in [2.75, 3.05) is 11.9 Å². The van der Waals surface area contributed by atoms with Crippen molar-refractivity contribution < 1.29 is 9.53 Å². The minimum Gasteiger partial charge on any atom is -0.467 e. The molecule has 0 spiro atoms. The number of rotatable bonds is 4. The molecule has 0 aliphatic heterocycles. The van der Waals surface area contributed by atoms with Crippen LogP contribution < -0.4 is 10.1 Å². The van der Waals surface area contributed by atoms with Gasteiger partial charge in [0.15, 0.2) is 6.61 Å². The maximum atomic E-state index is 12.2. The van der Waals surface area contributed by atoms with E-state index in [1.54, 1.807) is 6.07 Å². The Bertz CT molecular complexity index is 934. The number of nitrogens with zero attached hydrogens (tertiary/aromatic N) is 2. The highest BCUT2D eigenvalue weighted by molar-refractivity contribution is 6.50. The lowest BCUT2D eigenvalue weighted by Gasteiger charge is -2.12. The van der Waals surface area contributed by atoms with E-state index in [0.29, 0.717) is 16.8 Å². The summed E-state index contributed by atoms with van der Waals surface area (Å²) >= 11 is 24.0. The molecule has 0 aliphatic rings. The number of anilines is 1.